The lowest BCUT2D eigenvalue weighted by atomic mass is 10.1. The van der Waals surface area contributed by atoms with Crippen molar-refractivity contribution >= 4 is 17.2 Å². The summed E-state index contributed by atoms with van der Waals surface area (Å²) < 4.78 is 0. The van der Waals surface area contributed by atoms with E-state index in [1.165, 1.54) is 0 Å². The first-order valence-electron chi connectivity index (χ1n) is 5.17. The standard InChI is InChI=1S/C10H18N4OS/c1-6(9(11)14-15)4-12-8(3)10-13-7(2)5-16-10/h5-6,8,12,15H,4H2,1-3H3,(H2,11,14). The van der Waals surface area contributed by atoms with Gasteiger partial charge in [-0.25, -0.2) is 4.98 Å². The lowest BCUT2D eigenvalue weighted by molar-refractivity contribution is 0.313. The number of rotatable bonds is 5. The summed E-state index contributed by atoms with van der Waals surface area (Å²) in [5.41, 5.74) is 6.53. The molecule has 2 unspecified atom stereocenters. The summed E-state index contributed by atoms with van der Waals surface area (Å²) in [6, 6.07) is 0.188. The molecule has 5 nitrogen and oxygen atoms in total. The molecule has 0 saturated heterocycles. The van der Waals surface area contributed by atoms with Gasteiger partial charge in [-0.3, -0.25) is 0 Å². The van der Waals surface area contributed by atoms with Crippen molar-refractivity contribution in [3.8, 4) is 0 Å². The van der Waals surface area contributed by atoms with E-state index >= 15 is 0 Å². The van der Waals surface area contributed by atoms with Crippen LogP contribution < -0.4 is 11.1 Å². The maximum atomic E-state index is 8.52. The molecule has 6 heteroatoms. The van der Waals surface area contributed by atoms with Crippen LogP contribution in [-0.4, -0.2) is 22.6 Å². The van der Waals surface area contributed by atoms with Crippen LogP contribution in [0.15, 0.2) is 10.5 Å². The SMILES string of the molecule is Cc1csc(C(C)NCC(C)C(N)=NO)n1. The second-order valence-corrected chi connectivity index (χ2v) is 4.77. The van der Waals surface area contributed by atoms with Gasteiger partial charge in [0.15, 0.2) is 0 Å². The van der Waals surface area contributed by atoms with Crippen LogP contribution in [0, 0.1) is 12.8 Å². The van der Waals surface area contributed by atoms with Gasteiger partial charge in [0.25, 0.3) is 0 Å². The molecule has 0 bridgehead atoms. The first-order valence-corrected chi connectivity index (χ1v) is 6.05. The average Bonchev–Trinajstić information content (AvgIpc) is 2.71. The van der Waals surface area contributed by atoms with Gasteiger partial charge in [-0.2, -0.15) is 0 Å². The van der Waals surface area contributed by atoms with Crippen LogP contribution >= 0.6 is 11.3 Å². The minimum atomic E-state index is 0.00788. The first-order chi connectivity index (χ1) is 7.54. The summed E-state index contributed by atoms with van der Waals surface area (Å²) in [6.07, 6.45) is 0. The number of amidine groups is 1. The smallest absolute Gasteiger partial charge is 0.143 e. The molecule has 1 rings (SSSR count). The second-order valence-electron chi connectivity index (χ2n) is 3.88. The number of nitrogens with one attached hydrogen (secondary N) is 1. The van der Waals surface area contributed by atoms with Gasteiger partial charge in [0.2, 0.25) is 0 Å². The summed E-state index contributed by atoms with van der Waals surface area (Å²) in [5, 5.41) is 17.9. The van der Waals surface area contributed by atoms with E-state index < -0.39 is 0 Å². The van der Waals surface area contributed by atoms with Crippen LogP contribution in [0.5, 0.6) is 0 Å². The summed E-state index contributed by atoms with van der Waals surface area (Å²) in [6.45, 7) is 6.60. The minimum Gasteiger partial charge on any atom is -0.409 e. The Hall–Kier alpha value is -1.14. The van der Waals surface area contributed by atoms with E-state index in [0.29, 0.717) is 6.54 Å². The third-order valence-corrected chi connectivity index (χ3v) is 3.50. The maximum Gasteiger partial charge on any atom is 0.143 e. The van der Waals surface area contributed by atoms with Gasteiger partial charge in [-0.1, -0.05) is 12.1 Å². The number of aromatic nitrogens is 1. The number of nitrogens with zero attached hydrogens (tertiary/aromatic N) is 2. The monoisotopic (exact) mass is 242 g/mol. The van der Waals surface area contributed by atoms with E-state index in [0.717, 1.165) is 10.7 Å². The Morgan fingerprint density at radius 2 is 2.38 bits per heavy atom. The Labute approximate surface area is 99.4 Å². The van der Waals surface area contributed by atoms with Crippen LogP contribution in [0.3, 0.4) is 0 Å². The van der Waals surface area contributed by atoms with Crippen LogP contribution in [0.2, 0.25) is 0 Å². The molecule has 0 fully saturated rings. The van der Waals surface area contributed by atoms with Crippen LogP contribution in [0.4, 0.5) is 0 Å². The van der Waals surface area contributed by atoms with E-state index in [2.05, 4.69) is 22.4 Å². The number of aryl methyl sites for hydroxylation is 1. The molecular weight excluding hydrogens is 224 g/mol. The predicted molar refractivity (Wildman–Crippen MR) is 65.8 cm³/mol. The van der Waals surface area contributed by atoms with Crippen LogP contribution in [0.1, 0.15) is 30.6 Å². The summed E-state index contributed by atoms with van der Waals surface area (Å²) in [7, 11) is 0. The van der Waals surface area contributed by atoms with Gasteiger partial charge in [-0.15, -0.1) is 11.3 Å². The van der Waals surface area contributed by atoms with Crippen molar-refractivity contribution in [3.63, 3.8) is 0 Å². The molecular formula is C10H18N4OS. The van der Waals surface area contributed by atoms with Crippen LogP contribution in [0.25, 0.3) is 0 Å². The van der Waals surface area contributed by atoms with Gasteiger partial charge in [0.1, 0.15) is 10.8 Å². The molecule has 0 aromatic carbocycles. The molecule has 4 N–H and O–H groups in total. The Morgan fingerprint density at radius 3 is 2.88 bits per heavy atom. The summed E-state index contributed by atoms with van der Waals surface area (Å²) in [5.74, 6) is 0.253. The number of hydrogen-bond acceptors (Lipinski definition) is 5. The third-order valence-electron chi connectivity index (χ3n) is 2.36. The van der Waals surface area contributed by atoms with Gasteiger partial charge in [0, 0.05) is 23.5 Å². The van der Waals surface area contributed by atoms with Crippen LogP contribution in [-0.2, 0) is 0 Å². The fourth-order valence-corrected chi connectivity index (χ4v) is 2.04. The lowest BCUT2D eigenvalue weighted by Gasteiger charge is -2.15. The second kappa shape index (κ2) is 5.81. The highest BCUT2D eigenvalue weighted by Gasteiger charge is 2.12. The molecule has 1 heterocycles. The Kier molecular flexibility index (Phi) is 4.70. The molecule has 0 aliphatic rings. The van der Waals surface area contributed by atoms with Crippen molar-refractivity contribution in [1.29, 1.82) is 0 Å². The molecule has 1 aromatic heterocycles. The molecule has 2 atom stereocenters. The summed E-state index contributed by atoms with van der Waals surface area (Å²) in [4.78, 5) is 4.40. The topological polar surface area (TPSA) is 83.5 Å². The van der Waals surface area contributed by atoms with Crippen molar-refractivity contribution in [2.45, 2.75) is 26.8 Å². The van der Waals surface area contributed by atoms with E-state index in [4.69, 9.17) is 10.9 Å². The summed E-state index contributed by atoms with van der Waals surface area (Å²) >= 11 is 1.64. The number of hydrogen-bond donors (Lipinski definition) is 3. The third kappa shape index (κ3) is 3.46. The highest BCUT2D eigenvalue weighted by Crippen LogP contribution is 2.17. The van der Waals surface area contributed by atoms with Crippen molar-refractivity contribution in [2.24, 2.45) is 16.8 Å². The van der Waals surface area contributed by atoms with Crippen molar-refractivity contribution in [1.82, 2.24) is 10.3 Å². The highest BCUT2D eigenvalue weighted by atomic mass is 32.1. The first kappa shape index (κ1) is 12.9. The zero-order valence-electron chi connectivity index (χ0n) is 9.77. The van der Waals surface area contributed by atoms with Crippen molar-refractivity contribution in [3.05, 3.63) is 16.1 Å². The Morgan fingerprint density at radius 1 is 1.69 bits per heavy atom. The largest absolute Gasteiger partial charge is 0.409 e. The molecule has 0 spiro atoms. The molecule has 0 saturated carbocycles. The Balaban J connectivity index is 2.44. The van der Waals surface area contributed by atoms with Crippen molar-refractivity contribution in [2.75, 3.05) is 6.54 Å². The maximum absolute atomic E-state index is 8.52. The molecule has 0 radical (unpaired) electrons. The molecule has 0 aliphatic carbocycles. The fraction of sp³-hybridized carbons (Fsp3) is 0.600. The lowest BCUT2D eigenvalue weighted by Crippen LogP contribution is -2.32. The molecule has 16 heavy (non-hydrogen) atoms. The molecule has 1 aromatic rings. The molecule has 90 valence electrons. The molecule has 0 amide bonds. The van der Waals surface area contributed by atoms with E-state index in [1.54, 1.807) is 11.3 Å². The predicted octanol–water partition coefficient (Wildman–Crippen LogP) is 1.48. The van der Waals surface area contributed by atoms with Crippen molar-refractivity contribution < 1.29 is 5.21 Å². The average molecular weight is 242 g/mol. The quantitative estimate of drug-likeness (QED) is 0.316. The zero-order chi connectivity index (χ0) is 12.1. The van der Waals surface area contributed by atoms with E-state index in [9.17, 15) is 0 Å². The fourth-order valence-electron chi connectivity index (χ4n) is 1.22. The van der Waals surface area contributed by atoms with Gasteiger partial charge in [-0.05, 0) is 13.8 Å². The van der Waals surface area contributed by atoms with Gasteiger partial charge in [0.05, 0.1) is 6.04 Å². The molecule has 0 aliphatic heterocycles. The van der Waals surface area contributed by atoms with E-state index in [-0.39, 0.29) is 17.8 Å². The van der Waals surface area contributed by atoms with E-state index in [1.807, 2.05) is 19.2 Å². The van der Waals surface area contributed by atoms with Gasteiger partial charge < -0.3 is 16.3 Å². The normalized spacial score (nSPS) is 16.1. The number of oxime groups is 1. The minimum absolute atomic E-state index is 0.00788. The van der Waals surface area contributed by atoms with Gasteiger partial charge >= 0.3 is 0 Å². The number of nitrogens with two attached hydrogens (primary N) is 1. The number of thiazole rings is 1. The highest BCUT2D eigenvalue weighted by molar-refractivity contribution is 7.09. The zero-order valence-corrected chi connectivity index (χ0v) is 10.6. The Bertz CT molecular complexity index is 363.